The van der Waals surface area contributed by atoms with E-state index >= 15 is 0 Å². The van der Waals surface area contributed by atoms with Gasteiger partial charge in [-0.15, -0.1) is 0 Å². The molecule has 7 nitrogen and oxygen atoms in total. The molecule has 1 aliphatic rings. The van der Waals surface area contributed by atoms with Gasteiger partial charge in [-0.3, -0.25) is 4.79 Å². The summed E-state index contributed by atoms with van der Waals surface area (Å²) in [6.07, 6.45) is 1.85. The maximum Gasteiger partial charge on any atom is 0.307 e. The molecule has 2 N–H and O–H groups in total. The van der Waals surface area contributed by atoms with Crippen LogP contribution in [0.25, 0.3) is 10.9 Å². The number of nitrogens with zero attached hydrogens (tertiary/aromatic N) is 1. The van der Waals surface area contributed by atoms with Gasteiger partial charge in [-0.25, -0.2) is 17.5 Å². The molecule has 1 aliphatic carbocycles. The minimum atomic E-state index is -3.79. The Bertz CT molecular complexity index is 1240. The molecule has 0 fully saturated rings. The number of ether oxygens (including phenoxy) is 1. The number of sulfonamides is 1. The van der Waals surface area contributed by atoms with Gasteiger partial charge in [0.15, 0.2) is 0 Å². The number of methoxy groups -OCH3 is 1. The quantitative estimate of drug-likeness (QED) is 0.568. The van der Waals surface area contributed by atoms with Crippen LogP contribution in [0.4, 0.5) is 4.39 Å². The number of benzene rings is 2. The zero-order valence-electron chi connectivity index (χ0n) is 17.0. The van der Waals surface area contributed by atoms with Crippen LogP contribution in [0.15, 0.2) is 47.4 Å². The average molecular weight is 447 g/mol. The lowest BCUT2D eigenvalue weighted by atomic mass is 9.92. The van der Waals surface area contributed by atoms with Crippen molar-refractivity contribution in [1.82, 2.24) is 9.29 Å². The van der Waals surface area contributed by atoms with Crippen LogP contribution < -0.4 is 4.72 Å². The first kappa shape index (κ1) is 21.3. The van der Waals surface area contributed by atoms with E-state index in [1.54, 1.807) is 18.2 Å². The lowest BCUT2D eigenvalue weighted by molar-refractivity contribution is -0.140. The van der Waals surface area contributed by atoms with E-state index < -0.39 is 15.8 Å². The Morgan fingerprint density at radius 3 is 2.71 bits per heavy atom. The number of rotatable bonds is 6. The predicted octanol–water partition coefficient (Wildman–Crippen LogP) is 2.88. The summed E-state index contributed by atoms with van der Waals surface area (Å²) in [5.74, 6) is -0.689. The van der Waals surface area contributed by atoms with Crippen molar-refractivity contribution in [3.05, 3.63) is 59.5 Å². The van der Waals surface area contributed by atoms with E-state index in [0.717, 1.165) is 34.3 Å². The van der Waals surface area contributed by atoms with Crippen LogP contribution >= 0.6 is 0 Å². The number of halogens is 1. The number of esters is 1. The van der Waals surface area contributed by atoms with Gasteiger partial charge in [-0.05, 0) is 67.3 Å². The summed E-state index contributed by atoms with van der Waals surface area (Å²) < 4.78 is 48.1. The van der Waals surface area contributed by atoms with Crippen LogP contribution in [0.5, 0.6) is 5.75 Å². The molecule has 1 heterocycles. The Morgan fingerprint density at radius 1 is 1.26 bits per heavy atom. The first-order chi connectivity index (χ1) is 14.8. The molecule has 0 bridgehead atoms. The van der Waals surface area contributed by atoms with Crippen molar-refractivity contribution in [3.63, 3.8) is 0 Å². The lowest BCUT2D eigenvalue weighted by Crippen LogP contribution is -2.39. The van der Waals surface area contributed by atoms with Crippen molar-refractivity contribution in [1.29, 1.82) is 0 Å². The third-order valence-electron chi connectivity index (χ3n) is 5.66. The number of phenols is 1. The molecule has 164 valence electrons. The zero-order valence-corrected chi connectivity index (χ0v) is 17.8. The minimum absolute atomic E-state index is 0.0119. The highest BCUT2D eigenvalue weighted by atomic mass is 32.2. The Labute approximate surface area is 179 Å². The molecule has 1 unspecified atom stereocenters. The molecule has 2 aromatic carbocycles. The van der Waals surface area contributed by atoms with Crippen molar-refractivity contribution in [2.24, 2.45) is 0 Å². The summed E-state index contributed by atoms with van der Waals surface area (Å²) in [6.45, 7) is 0.440. The summed E-state index contributed by atoms with van der Waals surface area (Å²) in [4.78, 5) is 11.7. The zero-order chi connectivity index (χ0) is 22.2. The van der Waals surface area contributed by atoms with Crippen molar-refractivity contribution in [2.45, 2.75) is 43.2 Å². The van der Waals surface area contributed by atoms with Crippen molar-refractivity contribution in [3.8, 4) is 5.75 Å². The smallest absolute Gasteiger partial charge is 0.307 e. The second-order valence-corrected chi connectivity index (χ2v) is 9.33. The van der Waals surface area contributed by atoms with E-state index in [1.807, 2.05) is 4.57 Å². The van der Waals surface area contributed by atoms with Gasteiger partial charge >= 0.3 is 5.97 Å². The van der Waals surface area contributed by atoms with Crippen LogP contribution in [0.2, 0.25) is 0 Å². The average Bonchev–Trinajstić information content (AvgIpc) is 3.04. The van der Waals surface area contributed by atoms with E-state index in [2.05, 4.69) is 4.72 Å². The molecule has 4 rings (SSSR count). The molecule has 0 spiro atoms. The Morgan fingerprint density at radius 2 is 2.00 bits per heavy atom. The predicted molar refractivity (Wildman–Crippen MR) is 113 cm³/mol. The molecular weight excluding hydrogens is 423 g/mol. The van der Waals surface area contributed by atoms with Crippen LogP contribution in [0, 0.1) is 5.82 Å². The maximum absolute atomic E-state index is 13.2. The number of carbonyl (C=O) groups excluding carboxylic acids is 1. The van der Waals surface area contributed by atoms with Gasteiger partial charge in [0.05, 0.1) is 18.4 Å². The Kier molecular flexibility index (Phi) is 5.72. The summed E-state index contributed by atoms with van der Waals surface area (Å²) in [6, 6.07) is 9.43. The van der Waals surface area contributed by atoms with Crippen LogP contribution in [-0.2, 0) is 38.9 Å². The number of hydrogen-bond acceptors (Lipinski definition) is 5. The van der Waals surface area contributed by atoms with Crippen molar-refractivity contribution >= 4 is 26.9 Å². The first-order valence-corrected chi connectivity index (χ1v) is 11.4. The van der Waals surface area contributed by atoms with Gasteiger partial charge in [0.1, 0.15) is 11.6 Å². The van der Waals surface area contributed by atoms with Gasteiger partial charge in [-0.2, -0.15) is 0 Å². The molecule has 1 atom stereocenters. The lowest BCUT2D eigenvalue weighted by Gasteiger charge is -2.25. The number of aromatic hydroxyl groups is 1. The second-order valence-electron chi connectivity index (χ2n) is 7.62. The van der Waals surface area contributed by atoms with E-state index in [1.165, 1.54) is 19.2 Å². The Balaban J connectivity index is 1.64. The number of phenolic OH excluding ortho intramolecular Hbond substituents is 1. The summed E-state index contributed by atoms with van der Waals surface area (Å²) in [5.41, 5.74) is 2.87. The van der Waals surface area contributed by atoms with Crippen molar-refractivity contribution < 1.29 is 27.4 Å². The van der Waals surface area contributed by atoms with Gasteiger partial charge in [0, 0.05) is 29.2 Å². The molecule has 0 amide bonds. The largest absolute Gasteiger partial charge is 0.508 e. The molecule has 31 heavy (non-hydrogen) atoms. The van der Waals surface area contributed by atoms with Gasteiger partial charge in [0.25, 0.3) is 0 Å². The SMILES string of the molecule is COC(=O)CCn1c2c(c3cc(O)ccc31)CC(NS(=O)(=O)c1ccc(F)cc1)CC2. The van der Waals surface area contributed by atoms with Gasteiger partial charge < -0.3 is 14.4 Å². The third kappa shape index (κ3) is 4.28. The second kappa shape index (κ2) is 8.32. The van der Waals surface area contributed by atoms with Gasteiger partial charge in [0.2, 0.25) is 10.0 Å². The monoisotopic (exact) mass is 446 g/mol. The van der Waals surface area contributed by atoms with Crippen LogP contribution in [-0.4, -0.2) is 37.2 Å². The molecule has 0 saturated carbocycles. The van der Waals surface area contributed by atoms with Crippen LogP contribution in [0.3, 0.4) is 0 Å². The normalized spacial score (nSPS) is 16.3. The molecular formula is C22H23FN2O5S. The summed E-state index contributed by atoms with van der Waals surface area (Å²) >= 11 is 0. The number of nitrogens with one attached hydrogen (secondary N) is 1. The molecule has 9 heteroatoms. The minimum Gasteiger partial charge on any atom is -0.508 e. The molecule has 0 aliphatic heterocycles. The Hall–Kier alpha value is -2.91. The number of aromatic nitrogens is 1. The highest BCUT2D eigenvalue weighted by Crippen LogP contribution is 2.34. The number of fused-ring (bicyclic) bond motifs is 3. The summed E-state index contributed by atoms with van der Waals surface area (Å²) in [5, 5.41) is 10.8. The fraction of sp³-hybridized carbons (Fsp3) is 0.318. The summed E-state index contributed by atoms with van der Waals surface area (Å²) in [7, 11) is -2.44. The van der Waals surface area contributed by atoms with E-state index in [-0.39, 0.29) is 29.1 Å². The molecule has 1 aromatic heterocycles. The number of aryl methyl sites for hydroxylation is 1. The molecule has 0 radical (unpaired) electrons. The van der Waals surface area contributed by atoms with E-state index in [0.29, 0.717) is 25.8 Å². The van der Waals surface area contributed by atoms with Crippen molar-refractivity contribution in [2.75, 3.05) is 7.11 Å². The number of carbonyl (C=O) groups is 1. The topological polar surface area (TPSA) is 97.6 Å². The van der Waals surface area contributed by atoms with Gasteiger partial charge in [-0.1, -0.05) is 0 Å². The van der Waals surface area contributed by atoms with E-state index in [9.17, 15) is 22.7 Å². The molecule has 0 saturated heterocycles. The standard InChI is InChI=1S/C22H23FN2O5S/c1-30-22(27)10-11-25-20-8-4-15(12-18(20)19-13-16(26)5-9-21(19)25)24-31(28,29)17-6-2-14(23)3-7-17/h2-3,5-7,9,13,15,24,26H,4,8,10-12H2,1H3. The maximum atomic E-state index is 13.2. The highest BCUT2D eigenvalue weighted by Gasteiger charge is 2.29. The van der Waals surface area contributed by atoms with E-state index in [4.69, 9.17) is 4.74 Å². The number of hydrogen-bond donors (Lipinski definition) is 2. The molecule has 3 aromatic rings. The van der Waals surface area contributed by atoms with Crippen LogP contribution in [0.1, 0.15) is 24.1 Å². The fourth-order valence-corrected chi connectivity index (χ4v) is 5.47. The fourth-order valence-electron chi connectivity index (χ4n) is 4.20. The third-order valence-corrected chi connectivity index (χ3v) is 7.20. The first-order valence-electron chi connectivity index (χ1n) is 9.96. The highest BCUT2D eigenvalue weighted by molar-refractivity contribution is 7.89.